The number of aliphatic hydroxyl groups is 1. The Kier molecular flexibility index (Phi) is 11.2. The molecular formula is C50H54N8O10. The molecule has 4 N–H and O–H groups in total. The number of hydrogen-bond acceptors (Lipinski definition) is 13. The molecule has 0 radical (unpaired) electrons. The second-order valence-corrected chi connectivity index (χ2v) is 18.6. The number of nitrogens with one attached hydrogen (secondary N) is 1. The summed E-state index contributed by atoms with van der Waals surface area (Å²) in [7, 11) is 0. The van der Waals surface area contributed by atoms with Crippen molar-refractivity contribution in [3.63, 3.8) is 0 Å². The van der Waals surface area contributed by atoms with Crippen LogP contribution in [0.3, 0.4) is 0 Å². The number of hydrogen-bond donors (Lipinski definition) is 4. The van der Waals surface area contributed by atoms with Crippen molar-refractivity contribution in [2.24, 2.45) is 5.92 Å². The number of piperidine rings is 1. The normalized spacial score (nSPS) is 19.9. The number of aromatic hydroxyl groups is 2. The van der Waals surface area contributed by atoms with Crippen molar-refractivity contribution in [3.8, 4) is 40.0 Å². The summed E-state index contributed by atoms with van der Waals surface area (Å²) < 4.78 is 14.2. The predicted molar refractivity (Wildman–Crippen MR) is 250 cm³/mol. The number of aromatic nitrogens is 5. The van der Waals surface area contributed by atoms with Crippen LogP contribution in [0.4, 0.5) is 10.5 Å². The summed E-state index contributed by atoms with van der Waals surface area (Å²) in [5.41, 5.74) is 5.96. The molecule has 68 heavy (non-hydrogen) atoms. The lowest BCUT2D eigenvalue weighted by Gasteiger charge is -2.39. The Morgan fingerprint density at radius 2 is 1.63 bits per heavy atom. The van der Waals surface area contributed by atoms with E-state index >= 15 is 0 Å². The number of esters is 1. The van der Waals surface area contributed by atoms with Crippen molar-refractivity contribution in [3.05, 3.63) is 102 Å². The van der Waals surface area contributed by atoms with Gasteiger partial charge >= 0.3 is 17.8 Å². The largest absolute Gasteiger partial charge is 0.508 e. The number of ether oxygens (including phenoxy) is 2. The van der Waals surface area contributed by atoms with Crippen molar-refractivity contribution in [1.82, 2.24) is 34.1 Å². The Bertz CT molecular complexity index is 3140. The molecule has 10 rings (SSSR count). The molecule has 18 nitrogen and oxygen atoms in total. The maximum Gasteiger partial charge on any atom is 0.412 e. The van der Waals surface area contributed by atoms with Gasteiger partial charge in [0, 0.05) is 74.1 Å². The highest BCUT2D eigenvalue weighted by atomic mass is 16.7. The number of piperazine rings is 1. The number of benzene rings is 2. The first kappa shape index (κ1) is 44.6. The molecule has 354 valence electrons. The molecule has 2 unspecified atom stereocenters. The lowest BCUT2D eigenvalue weighted by molar-refractivity contribution is -0.148. The fourth-order valence-electron chi connectivity index (χ4n) is 10.6. The first-order valence-electron chi connectivity index (χ1n) is 23.4. The number of H-pyrrole nitrogens is 1. The van der Waals surface area contributed by atoms with E-state index in [4.69, 9.17) is 14.5 Å². The number of carbonyl (C=O) groups excluding carboxylic acids is 3. The van der Waals surface area contributed by atoms with E-state index in [1.54, 1.807) is 27.7 Å². The minimum absolute atomic E-state index is 0.0280. The van der Waals surface area contributed by atoms with E-state index in [0.717, 1.165) is 16.8 Å². The quantitative estimate of drug-likeness (QED) is 0.127. The van der Waals surface area contributed by atoms with Crippen molar-refractivity contribution in [2.75, 3.05) is 44.2 Å². The molecular weight excluding hydrogens is 873 g/mol. The number of aromatic amines is 1. The Morgan fingerprint density at radius 1 is 0.926 bits per heavy atom. The first-order chi connectivity index (χ1) is 32.7. The fourth-order valence-corrected chi connectivity index (χ4v) is 10.6. The zero-order valence-corrected chi connectivity index (χ0v) is 38.5. The lowest BCUT2D eigenvalue weighted by atomic mass is 9.90. The van der Waals surface area contributed by atoms with Gasteiger partial charge in [-0.05, 0) is 90.8 Å². The highest BCUT2D eigenvalue weighted by Gasteiger charge is 2.38. The van der Waals surface area contributed by atoms with E-state index in [0.29, 0.717) is 102 Å². The number of carbonyl (C=O) groups is 3. The van der Waals surface area contributed by atoms with E-state index in [1.165, 1.54) is 15.5 Å². The van der Waals surface area contributed by atoms with Gasteiger partial charge in [-0.2, -0.15) is 5.10 Å². The van der Waals surface area contributed by atoms with E-state index in [-0.39, 0.29) is 79.3 Å². The topological polar surface area (TPSA) is 226 Å². The fraction of sp³-hybridized carbons (Fsp3) is 0.420. The molecule has 2 aromatic carbocycles. The minimum Gasteiger partial charge on any atom is -0.508 e. The van der Waals surface area contributed by atoms with Crippen LogP contribution in [0.5, 0.6) is 11.5 Å². The van der Waals surface area contributed by atoms with Gasteiger partial charge in [-0.25, -0.2) is 24.2 Å². The monoisotopic (exact) mass is 926 g/mol. The predicted octanol–water partition coefficient (Wildman–Crippen LogP) is 3.31. The highest BCUT2D eigenvalue weighted by Crippen LogP contribution is 2.39. The van der Waals surface area contributed by atoms with Gasteiger partial charge in [0.25, 0.3) is 5.56 Å². The van der Waals surface area contributed by atoms with Crippen LogP contribution >= 0.6 is 0 Å². The Labute approximate surface area is 390 Å². The smallest absolute Gasteiger partial charge is 0.412 e. The second kappa shape index (κ2) is 17.1. The zero-order valence-electron chi connectivity index (χ0n) is 38.5. The summed E-state index contributed by atoms with van der Waals surface area (Å²) in [4.78, 5) is 77.1. The molecule has 2 atom stereocenters. The van der Waals surface area contributed by atoms with Crippen LogP contribution in [0.25, 0.3) is 40.6 Å². The number of phenols is 2. The molecule has 2 saturated heterocycles. The molecule has 3 aromatic heterocycles. The average Bonchev–Trinajstić information content (AvgIpc) is 3.90. The van der Waals surface area contributed by atoms with Gasteiger partial charge < -0.3 is 44.1 Å². The summed E-state index contributed by atoms with van der Waals surface area (Å²) in [5, 5.41) is 40.7. The molecule has 0 bridgehead atoms. The summed E-state index contributed by atoms with van der Waals surface area (Å²) in [6.07, 6.45) is 4.95. The Hall–Kier alpha value is -7.21. The average molecular weight is 927 g/mol. The number of anilines is 1. The maximum absolute atomic E-state index is 13.8. The number of rotatable bonds is 8. The Balaban J connectivity index is 0.756. The number of phenolic OH excluding ortho intramolecular Hbond substituents is 2. The molecule has 2 amide bonds. The van der Waals surface area contributed by atoms with E-state index in [2.05, 4.69) is 15.1 Å². The van der Waals surface area contributed by atoms with Crippen LogP contribution in [0, 0.1) is 5.92 Å². The Morgan fingerprint density at radius 3 is 2.32 bits per heavy atom. The van der Waals surface area contributed by atoms with Gasteiger partial charge in [0.05, 0.1) is 46.0 Å². The third-order valence-electron chi connectivity index (χ3n) is 14.3. The molecule has 2 fully saturated rings. The van der Waals surface area contributed by atoms with E-state index < -0.39 is 23.5 Å². The van der Waals surface area contributed by atoms with Gasteiger partial charge in [0.1, 0.15) is 18.1 Å². The van der Waals surface area contributed by atoms with E-state index in [1.807, 2.05) is 58.0 Å². The number of pyridine rings is 2. The molecule has 5 aliphatic rings. The van der Waals surface area contributed by atoms with Gasteiger partial charge in [-0.1, -0.05) is 33.8 Å². The van der Waals surface area contributed by atoms with E-state index in [9.17, 15) is 39.3 Å². The molecule has 0 saturated carbocycles. The van der Waals surface area contributed by atoms with Gasteiger partial charge in [0.2, 0.25) is 11.7 Å². The summed E-state index contributed by atoms with van der Waals surface area (Å²) in [6.45, 7) is 10.4. The van der Waals surface area contributed by atoms with Crippen molar-refractivity contribution in [1.29, 1.82) is 0 Å². The van der Waals surface area contributed by atoms with Crippen molar-refractivity contribution < 1.29 is 39.2 Å². The second-order valence-electron chi connectivity index (χ2n) is 18.6. The number of cyclic esters (lactones) is 1. The molecule has 0 spiro atoms. The molecule has 18 heteroatoms. The lowest BCUT2D eigenvalue weighted by Crippen LogP contribution is -2.54. The highest BCUT2D eigenvalue weighted by molar-refractivity contribution is 5.82. The summed E-state index contributed by atoms with van der Waals surface area (Å²) >= 11 is 0. The zero-order chi connectivity index (χ0) is 47.8. The van der Waals surface area contributed by atoms with Crippen molar-refractivity contribution >= 4 is 35.8 Å². The van der Waals surface area contributed by atoms with Crippen LogP contribution in [-0.2, 0) is 38.6 Å². The summed E-state index contributed by atoms with van der Waals surface area (Å²) in [5.74, 6) is -2.97. The van der Waals surface area contributed by atoms with Crippen LogP contribution < -0.4 is 26.7 Å². The third-order valence-corrected chi connectivity index (χ3v) is 14.3. The van der Waals surface area contributed by atoms with Crippen LogP contribution in [0.15, 0.2) is 52.1 Å². The molecule has 1 aliphatic carbocycles. The van der Waals surface area contributed by atoms with Crippen LogP contribution in [0.1, 0.15) is 93.0 Å². The summed E-state index contributed by atoms with van der Waals surface area (Å²) in [6, 6.07) is 12.2. The number of amides is 2. The first-order valence-corrected chi connectivity index (χ1v) is 23.4. The molecule has 4 aliphatic heterocycles. The minimum atomic E-state index is -1.94. The number of nitrogens with zero attached hydrogens (tertiary/aromatic N) is 7. The SMILES string of the molecule is CCc1c2c(nc3c1=CC(O)(OC(=O)N1CCN(C(=O)C4CCN(c5ccc(-n6c(-c7cc(C(C)C)c(O)cc7O)n[nH]c6=O)cc5)CC4)CC1)CC=3)-c1cc3c(c(=O)n1C2)COC(=O)C3CC. The molecule has 7 heterocycles. The number of fused-ring (bicyclic) bond motifs is 5. The maximum atomic E-state index is 13.8. The third kappa shape index (κ3) is 7.59. The van der Waals surface area contributed by atoms with Crippen LogP contribution in [0.2, 0.25) is 0 Å². The molecule has 5 aromatic rings. The van der Waals surface area contributed by atoms with Crippen molar-refractivity contribution in [2.45, 2.75) is 90.6 Å². The van der Waals surface area contributed by atoms with Crippen LogP contribution in [-0.4, -0.2) is 112 Å². The standard InChI is InChI=1S/C50H54N8O10/c1-5-31-36-24-50(66,14-11-39(36)51-43-37(31)25-57-40(43)22-34-32(6-2)47(63)67-26-38(34)46(57)62)68-49(65)56-19-17-55(18-20-56)45(61)28-12-15-54(16-13-28)29-7-9-30(10-8-29)58-44(52-53-48(58)64)35-21-33(27(3)4)41(59)23-42(35)60/h7-11,21-24,27-28,32,59-60,66H,5-6,12-20,25-26H2,1-4H3,(H,53,64). The van der Waals surface area contributed by atoms with Gasteiger partial charge in [0.15, 0.2) is 5.82 Å². The van der Waals surface area contributed by atoms with Gasteiger partial charge in [-0.3, -0.25) is 14.4 Å². The van der Waals surface area contributed by atoms with Gasteiger partial charge in [-0.15, -0.1) is 0 Å².